The number of hydrogen-bond acceptors (Lipinski definition) is 10. The van der Waals surface area contributed by atoms with Crippen LogP contribution in [0.1, 0.15) is 38.1 Å². The molecule has 5 amide bonds. The summed E-state index contributed by atoms with van der Waals surface area (Å²) in [7, 11) is 0. The molecule has 0 spiro atoms. The van der Waals surface area contributed by atoms with E-state index in [1.165, 1.54) is 43.5 Å². The number of phenolic OH excluding ortho intramolecular Hbond substituents is 1. The molecule has 0 aliphatic rings. The number of thiazole rings is 1. The molecule has 9 N–H and O–H groups in total. The van der Waals surface area contributed by atoms with Crippen molar-refractivity contribution in [3.8, 4) is 5.75 Å². The van der Waals surface area contributed by atoms with Crippen LogP contribution in [0.2, 0.25) is 0 Å². The average molecular weight is 592 g/mol. The predicted octanol–water partition coefficient (Wildman–Crippen LogP) is -0.884. The van der Waals surface area contributed by atoms with Gasteiger partial charge in [0.15, 0.2) is 5.13 Å². The Morgan fingerprint density at radius 2 is 1.54 bits per heavy atom. The van der Waals surface area contributed by atoms with Gasteiger partial charge < -0.3 is 42.5 Å². The quantitative estimate of drug-likeness (QED) is 0.128. The molecule has 4 atom stereocenters. The zero-order chi connectivity index (χ0) is 30.7. The van der Waals surface area contributed by atoms with Crippen molar-refractivity contribution in [3.05, 3.63) is 40.9 Å². The van der Waals surface area contributed by atoms with E-state index in [4.69, 9.17) is 5.73 Å². The summed E-state index contributed by atoms with van der Waals surface area (Å²) in [6.07, 6.45) is 1.59. The first-order valence-electron chi connectivity index (χ1n) is 12.9. The number of benzene rings is 1. The maximum atomic E-state index is 12.8. The molecule has 0 saturated heterocycles. The molecular formula is C26H37N7O7S. The number of aliphatic hydroxyl groups excluding tert-OH is 1. The number of hydrogen-bond donors (Lipinski definition) is 8. The van der Waals surface area contributed by atoms with E-state index in [9.17, 15) is 34.2 Å². The van der Waals surface area contributed by atoms with Gasteiger partial charge in [-0.2, -0.15) is 0 Å². The van der Waals surface area contributed by atoms with E-state index in [1.54, 1.807) is 12.1 Å². The minimum Gasteiger partial charge on any atom is -0.508 e. The van der Waals surface area contributed by atoms with Crippen LogP contribution in [-0.4, -0.2) is 75.4 Å². The van der Waals surface area contributed by atoms with Crippen LogP contribution >= 0.6 is 11.3 Å². The van der Waals surface area contributed by atoms with Crippen LogP contribution in [0, 0.1) is 5.92 Å². The van der Waals surface area contributed by atoms with Gasteiger partial charge >= 0.3 is 0 Å². The smallest absolute Gasteiger partial charge is 0.243 e. The van der Waals surface area contributed by atoms with Gasteiger partial charge in [0.05, 0.1) is 18.0 Å². The van der Waals surface area contributed by atoms with Crippen LogP contribution in [-0.2, 0) is 37.0 Å². The number of aliphatic hydroxyl groups is 1. The van der Waals surface area contributed by atoms with Crippen molar-refractivity contribution in [1.29, 1.82) is 0 Å². The van der Waals surface area contributed by atoms with E-state index in [0.717, 1.165) is 0 Å². The Kier molecular flexibility index (Phi) is 12.5. The lowest BCUT2D eigenvalue weighted by Crippen LogP contribution is -2.55. The van der Waals surface area contributed by atoms with Crippen molar-refractivity contribution >= 4 is 46.0 Å². The Hall–Kier alpha value is -4.24. The van der Waals surface area contributed by atoms with E-state index in [2.05, 4.69) is 31.6 Å². The molecule has 1 heterocycles. The number of aromatic hydroxyl groups is 1. The number of carbonyl (C=O) groups is 5. The fourth-order valence-electron chi connectivity index (χ4n) is 3.54. The zero-order valence-corrected chi connectivity index (χ0v) is 24.1. The summed E-state index contributed by atoms with van der Waals surface area (Å²) in [5.41, 5.74) is 6.04. The monoisotopic (exact) mass is 591 g/mol. The van der Waals surface area contributed by atoms with Crippen molar-refractivity contribution in [3.63, 3.8) is 0 Å². The number of nitrogens with two attached hydrogens (primary N) is 1. The molecule has 0 unspecified atom stereocenters. The van der Waals surface area contributed by atoms with Crippen molar-refractivity contribution in [2.45, 2.75) is 64.9 Å². The van der Waals surface area contributed by atoms with Gasteiger partial charge in [0, 0.05) is 12.6 Å². The van der Waals surface area contributed by atoms with Gasteiger partial charge in [-0.05, 0) is 37.5 Å². The lowest BCUT2D eigenvalue weighted by molar-refractivity contribution is -0.132. The van der Waals surface area contributed by atoms with Crippen molar-refractivity contribution in [2.24, 2.45) is 11.7 Å². The molecule has 2 aromatic rings. The number of nitrogens with zero attached hydrogens (tertiary/aromatic N) is 1. The van der Waals surface area contributed by atoms with Gasteiger partial charge in [-0.3, -0.25) is 24.0 Å². The summed E-state index contributed by atoms with van der Waals surface area (Å²) < 4.78 is 0. The van der Waals surface area contributed by atoms with Crippen LogP contribution in [0.25, 0.3) is 0 Å². The number of phenols is 1. The zero-order valence-electron chi connectivity index (χ0n) is 23.3. The molecular weight excluding hydrogens is 554 g/mol. The highest BCUT2D eigenvalue weighted by Crippen LogP contribution is 2.20. The third-order valence-electron chi connectivity index (χ3n) is 5.92. The number of anilines is 1. The number of aromatic nitrogens is 1. The van der Waals surface area contributed by atoms with Crippen molar-refractivity contribution in [1.82, 2.24) is 26.3 Å². The van der Waals surface area contributed by atoms with E-state index in [-0.39, 0.29) is 24.7 Å². The van der Waals surface area contributed by atoms with Gasteiger partial charge in [0.2, 0.25) is 29.5 Å². The fraction of sp³-hybridized carbons (Fsp3) is 0.462. The second-order valence-corrected chi connectivity index (χ2v) is 10.8. The first-order chi connectivity index (χ1) is 19.3. The fourth-order valence-corrected chi connectivity index (χ4v) is 4.25. The Morgan fingerprint density at radius 3 is 2.10 bits per heavy atom. The summed E-state index contributed by atoms with van der Waals surface area (Å²) in [6, 6.07) is 2.28. The molecule has 0 bridgehead atoms. The summed E-state index contributed by atoms with van der Waals surface area (Å²) in [5, 5.41) is 32.0. The van der Waals surface area contributed by atoms with Gasteiger partial charge in [-0.15, -0.1) is 0 Å². The Balaban J connectivity index is 1.83. The van der Waals surface area contributed by atoms with Crippen LogP contribution in [0.5, 0.6) is 5.75 Å². The Labute approximate surface area is 241 Å². The van der Waals surface area contributed by atoms with Crippen LogP contribution < -0.4 is 32.3 Å². The Bertz CT molecular complexity index is 1220. The Morgan fingerprint density at radius 1 is 0.927 bits per heavy atom. The molecule has 0 radical (unpaired) electrons. The second kappa shape index (κ2) is 15.5. The van der Waals surface area contributed by atoms with E-state index in [1.807, 2.05) is 13.8 Å². The number of carbonyl (C=O) groups excluding carboxylic acids is 5. The summed E-state index contributed by atoms with van der Waals surface area (Å²) in [4.78, 5) is 66.8. The van der Waals surface area contributed by atoms with Crippen LogP contribution in [0.4, 0.5) is 5.13 Å². The highest BCUT2D eigenvalue weighted by molar-refractivity contribution is 7.15. The lowest BCUT2D eigenvalue weighted by atomic mass is 10.0. The molecule has 224 valence electrons. The number of rotatable bonds is 15. The van der Waals surface area contributed by atoms with Gasteiger partial charge in [0.1, 0.15) is 29.9 Å². The molecule has 1 aromatic heterocycles. The van der Waals surface area contributed by atoms with E-state index in [0.29, 0.717) is 15.6 Å². The van der Waals surface area contributed by atoms with Crippen LogP contribution in [0.15, 0.2) is 30.5 Å². The molecule has 2 rings (SSSR count). The molecule has 0 aliphatic carbocycles. The summed E-state index contributed by atoms with van der Waals surface area (Å²) in [6.45, 7) is 5.89. The third-order valence-corrected chi connectivity index (χ3v) is 6.83. The van der Waals surface area contributed by atoms with Gasteiger partial charge in [0.25, 0.3) is 0 Å². The van der Waals surface area contributed by atoms with E-state index >= 15 is 0 Å². The largest absolute Gasteiger partial charge is 0.508 e. The normalized spacial score (nSPS) is 13.8. The molecule has 0 aliphatic heterocycles. The van der Waals surface area contributed by atoms with Crippen molar-refractivity contribution < 1.29 is 34.2 Å². The lowest BCUT2D eigenvalue weighted by Gasteiger charge is -2.24. The third kappa shape index (κ3) is 10.7. The summed E-state index contributed by atoms with van der Waals surface area (Å²) in [5.74, 6) is -3.27. The minimum atomic E-state index is -1.04. The molecule has 41 heavy (non-hydrogen) atoms. The highest BCUT2D eigenvalue weighted by Gasteiger charge is 2.28. The number of amides is 5. The molecule has 0 saturated carbocycles. The maximum absolute atomic E-state index is 12.8. The molecule has 0 fully saturated rings. The second-order valence-electron chi connectivity index (χ2n) is 9.73. The first-order valence-corrected chi connectivity index (χ1v) is 13.7. The summed E-state index contributed by atoms with van der Waals surface area (Å²) >= 11 is 1.21. The standard InChI is InChI=1S/C26H37N7O7S/c1-13(2)21(33-26-29-10-18(12-34)41-26)25(40)31-15(4)24(39)30-14(3)23(38)28-11-20(36)32-19(22(27)37)9-16-5-7-17(35)8-6-16/h5-8,10,13-15,19,21,34-35H,9,11-12H2,1-4H3,(H2,27,37)(H,28,38)(H,29,33)(H,30,39)(H,31,40)(H,32,36)/t14-,15-,19-,21+/m0/s1. The van der Waals surface area contributed by atoms with Gasteiger partial charge in [-0.1, -0.05) is 37.3 Å². The van der Waals surface area contributed by atoms with E-state index < -0.39 is 60.2 Å². The average Bonchev–Trinajstić information content (AvgIpc) is 3.38. The minimum absolute atomic E-state index is 0.0514. The number of primary amides is 1. The first kappa shape index (κ1) is 33.0. The highest BCUT2D eigenvalue weighted by atomic mass is 32.1. The molecule has 15 heteroatoms. The van der Waals surface area contributed by atoms with Gasteiger partial charge in [-0.25, -0.2) is 4.98 Å². The predicted molar refractivity (Wildman–Crippen MR) is 151 cm³/mol. The topological polar surface area (TPSA) is 225 Å². The van der Waals surface area contributed by atoms with Crippen LogP contribution in [0.3, 0.4) is 0 Å². The molecule has 1 aromatic carbocycles. The SMILES string of the molecule is CC(C)[C@@H](Nc1ncc(CO)s1)C(=O)N[C@@H](C)C(=O)N[C@@H](C)C(=O)NCC(=O)N[C@@H](Cc1ccc(O)cc1)C(N)=O. The molecule has 14 nitrogen and oxygen atoms in total. The maximum Gasteiger partial charge on any atom is 0.243 e. The number of nitrogens with one attached hydrogen (secondary N) is 5. The van der Waals surface area contributed by atoms with Crippen molar-refractivity contribution in [2.75, 3.05) is 11.9 Å².